The van der Waals surface area contributed by atoms with Gasteiger partial charge in [-0.3, -0.25) is 4.79 Å². The van der Waals surface area contributed by atoms with Crippen molar-refractivity contribution in [1.82, 2.24) is 4.90 Å². The van der Waals surface area contributed by atoms with E-state index >= 15 is 0 Å². The lowest BCUT2D eigenvalue weighted by molar-refractivity contribution is -0.124. The lowest BCUT2D eigenvalue weighted by atomic mass is 10.1. The third kappa shape index (κ3) is 5.34. The Morgan fingerprint density at radius 2 is 1.35 bits per heavy atom. The second-order valence-corrected chi connectivity index (χ2v) is 4.14. The number of carboxylic acids is 2. The molecule has 0 aliphatic rings. The number of carbonyl (C=O) groups is 3. The summed E-state index contributed by atoms with van der Waals surface area (Å²) in [5.74, 6) is -2.47. The van der Waals surface area contributed by atoms with Gasteiger partial charge in [0.15, 0.2) is 0 Å². The van der Waals surface area contributed by atoms with Crippen molar-refractivity contribution in [2.75, 3.05) is 14.1 Å². The van der Waals surface area contributed by atoms with Crippen LogP contribution in [0.1, 0.15) is 27.6 Å². The van der Waals surface area contributed by atoms with Crippen LogP contribution in [0.5, 0.6) is 0 Å². The fraction of sp³-hybridized carbons (Fsp3) is 0.214. The molecule has 1 aromatic carbocycles. The molecule has 6 heteroatoms. The Hall–Kier alpha value is -2.63. The third-order valence-electron chi connectivity index (χ3n) is 2.16. The molecule has 0 spiro atoms. The van der Waals surface area contributed by atoms with Gasteiger partial charge in [-0.25, -0.2) is 9.59 Å². The van der Waals surface area contributed by atoms with Gasteiger partial charge in [0.25, 0.3) is 0 Å². The average Bonchev–Trinajstić information content (AvgIpc) is 2.38. The summed E-state index contributed by atoms with van der Waals surface area (Å²) in [6, 6.07) is 5.48. The molecule has 1 amide bonds. The molecule has 6 nitrogen and oxygen atoms in total. The molecule has 0 heterocycles. The van der Waals surface area contributed by atoms with Crippen molar-refractivity contribution >= 4 is 17.8 Å². The Morgan fingerprint density at radius 1 is 1.00 bits per heavy atom. The molecule has 108 valence electrons. The van der Waals surface area contributed by atoms with Crippen molar-refractivity contribution in [3.63, 3.8) is 0 Å². The number of rotatable bonds is 3. The largest absolute Gasteiger partial charge is 0.478 e. The molecule has 0 saturated heterocycles. The van der Waals surface area contributed by atoms with Crippen molar-refractivity contribution in [2.24, 2.45) is 0 Å². The molecule has 0 bridgehead atoms. The zero-order valence-corrected chi connectivity index (χ0v) is 11.6. The highest BCUT2D eigenvalue weighted by atomic mass is 16.4. The van der Waals surface area contributed by atoms with Gasteiger partial charge in [-0.15, -0.1) is 0 Å². The summed E-state index contributed by atoms with van der Waals surface area (Å²) in [4.78, 5) is 33.1. The number of nitrogens with zero attached hydrogens (tertiary/aromatic N) is 1. The van der Waals surface area contributed by atoms with Crippen LogP contribution in [0.25, 0.3) is 0 Å². The maximum absolute atomic E-state index is 10.7. The van der Waals surface area contributed by atoms with Crippen LogP contribution in [0.2, 0.25) is 0 Å². The number of hydrogen-bond donors (Lipinski definition) is 2. The fourth-order valence-corrected chi connectivity index (χ4v) is 1.24. The molecule has 0 radical (unpaired) electrons. The first-order valence-electron chi connectivity index (χ1n) is 5.61. The highest BCUT2D eigenvalue weighted by Gasteiger charge is 2.13. The Kier molecular flexibility index (Phi) is 6.71. The van der Waals surface area contributed by atoms with Gasteiger partial charge < -0.3 is 15.1 Å². The summed E-state index contributed by atoms with van der Waals surface area (Å²) in [5, 5.41) is 17.1. The van der Waals surface area contributed by atoms with Gasteiger partial charge in [0, 0.05) is 19.7 Å². The number of aromatic carboxylic acids is 2. The standard InChI is InChI=1S/C8H6O4.C6H11NO/c9-7(10)5-3-1-2-4-6(5)8(11)12;1-5(2)6(8)7(3)4/h1-4H,(H,9,10)(H,11,12);1H2,2-4H3. The summed E-state index contributed by atoms with van der Waals surface area (Å²) < 4.78 is 0. The predicted molar refractivity (Wildman–Crippen MR) is 73.9 cm³/mol. The molecular formula is C14H17NO5. The van der Waals surface area contributed by atoms with Crippen molar-refractivity contribution < 1.29 is 24.6 Å². The van der Waals surface area contributed by atoms with Crippen molar-refractivity contribution in [1.29, 1.82) is 0 Å². The van der Waals surface area contributed by atoms with Crippen molar-refractivity contribution in [3.05, 3.63) is 47.5 Å². The average molecular weight is 279 g/mol. The van der Waals surface area contributed by atoms with Gasteiger partial charge in [-0.1, -0.05) is 18.7 Å². The van der Waals surface area contributed by atoms with Crippen molar-refractivity contribution in [2.45, 2.75) is 6.92 Å². The SMILES string of the molecule is C=C(C)C(=O)N(C)C.O=C(O)c1ccccc1C(=O)O. The maximum atomic E-state index is 10.7. The second kappa shape index (κ2) is 7.73. The minimum Gasteiger partial charge on any atom is -0.478 e. The van der Waals surface area contributed by atoms with E-state index in [9.17, 15) is 14.4 Å². The van der Waals surface area contributed by atoms with E-state index in [-0.39, 0.29) is 17.0 Å². The number of hydrogen-bond acceptors (Lipinski definition) is 3. The molecule has 0 saturated carbocycles. The maximum Gasteiger partial charge on any atom is 0.336 e. The first kappa shape index (κ1) is 17.4. The minimum absolute atomic E-state index is 0.00926. The van der Waals surface area contributed by atoms with E-state index in [1.165, 1.54) is 29.2 Å². The Balaban J connectivity index is 0.000000396. The summed E-state index contributed by atoms with van der Waals surface area (Å²) in [6.45, 7) is 5.18. The number of benzene rings is 1. The molecule has 0 atom stereocenters. The molecule has 1 aromatic rings. The second-order valence-electron chi connectivity index (χ2n) is 4.14. The fourth-order valence-electron chi connectivity index (χ4n) is 1.24. The molecule has 0 unspecified atom stereocenters. The van der Waals surface area contributed by atoms with E-state index in [1.807, 2.05) is 0 Å². The number of likely N-dealkylation sites (N-methyl/N-ethyl adjacent to an activating group) is 1. The lowest BCUT2D eigenvalue weighted by Gasteiger charge is -2.07. The van der Waals surface area contributed by atoms with E-state index in [0.29, 0.717) is 5.57 Å². The third-order valence-corrected chi connectivity index (χ3v) is 2.16. The van der Waals surface area contributed by atoms with Crippen LogP contribution in [-0.4, -0.2) is 47.1 Å². The summed E-state index contributed by atoms with van der Waals surface area (Å²) >= 11 is 0. The molecule has 20 heavy (non-hydrogen) atoms. The summed E-state index contributed by atoms with van der Waals surface area (Å²) in [7, 11) is 3.41. The molecule has 0 fully saturated rings. The molecule has 0 aliphatic heterocycles. The predicted octanol–water partition coefficient (Wildman–Crippen LogP) is 1.73. The Morgan fingerprint density at radius 3 is 1.50 bits per heavy atom. The van der Waals surface area contributed by atoms with E-state index < -0.39 is 11.9 Å². The number of amides is 1. The Labute approximate surface area is 117 Å². The van der Waals surface area contributed by atoms with Crippen LogP contribution in [0.4, 0.5) is 0 Å². The molecular weight excluding hydrogens is 262 g/mol. The van der Waals surface area contributed by atoms with E-state index in [2.05, 4.69) is 6.58 Å². The molecule has 0 aliphatic carbocycles. The van der Waals surface area contributed by atoms with Crippen LogP contribution >= 0.6 is 0 Å². The number of carbonyl (C=O) groups excluding carboxylic acids is 1. The monoisotopic (exact) mass is 279 g/mol. The van der Waals surface area contributed by atoms with Gasteiger partial charge in [-0.05, 0) is 19.1 Å². The van der Waals surface area contributed by atoms with Gasteiger partial charge in [-0.2, -0.15) is 0 Å². The smallest absolute Gasteiger partial charge is 0.336 e. The normalized spacial score (nSPS) is 8.95. The highest BCUT2D eigenvalue weighted by Crippen LogP contribution is 2.07. The molecule has 2 N–H and O–H groups in total. The van der Waals surface area contributed by atoms with Crippen molar-refractivity contribution in [3.8, 4) is 0 Å². The highest BCUT2D eigenvalue weighted by molar-refractivity contribution is 6.01. The van der Waals surface area contributed by atoms with Gasteiger partial charge in [0.1, 0.15) is 0 Å². The van der Waals surface area contributed by atoms with Crippen LogP contribution in [0.3, 0.4) is 0 Å². The topological polar surface area (TPSA) is 94.9 Å². The Bertz CT molecular complexity index is 501. The van der Waals surface area contributed by atoms with Crippen LogP contribution < -0.4 is 0 Å². The van der Waals surface area contributed by atoms with E-state index in [1.54, 1.807) is 21.0 Å². The van der Waals surface area contributed by atoms with Gasteiger partial charge in [0.2, 0.25) is 5.91 Å². The summed E-state index contributed by atoms with van der Waals surface area (Å²) in [6.07, 6.45) is 0. The van der Waals surface area contributed by atoms with Gasteiger partial charge in [0.05, 0.1) is 11.1 Å². The number of carboxylic acid groups (broad SMARTS) is 2. The van der Waals surface area contributed by atoms with E-state index in [0.717, 1.165) is 0 Å². The zero-order valence-electron chi connectivity index (χ0n) is 11.6. The lowest BCUT2D eigenvalue weighted by Crippen LogP contribution is -2.21. The molecule has 1 rings (SSSR count). The van der Waals surface area contributed by atoms with E-state index in [4.69, 9.17) is 10.2 Å². The minimum atomic E-state index is -1.23. The first-order valence-corrected chi connectivity index (χ1v) is 5.61. The van der Waals surface area contributed by atoms with Crippen LogP contribution in [0, 0.1) is 0 Å². The quantitative estimate of drug-likeness (QED) is 0.822. The molecule has 0 aromatic heterocycles. The zero-order chi connectivity index (χ0) is 15.9. The van der Waals surface area contributed by atoms with Crippen LogP contribution in [-0.2, 0) is 4.79 Å². The van der Waals surface area contributed by atoms with Crippen LogP contribution in [0.15, 0.2) is 36.4 Å². The van der Waals surface area contributed by atoms with Gasteiger partial charge >= 0.3 is 11.9 Å². The first-order chi connectivity index (χ1) is 9.18. The summed E-state index contributed by atoms with van der Waals surface area (Å²) in [5.41, 5.74) is 0.199.